The third kappa shape index (κ3) is 4.70. The normalized spacial score (nSPS) is 14.5. The van der Waals surface area contributed by atoms with Crippen molar-refractivity contribution < 1.29 is 9.53 Å². The Balaban J connectivity index is 1.34. The second-order valence-electron chi connectivity index (χ2n) is 7.92. The molecule has 1 amide bonds. The molecule has 0 bridgehead atoms. The summed E-state index contributed by atoms with van der Waals surface area (Å²) in [6.07, 6.45) is 4.94. The molecule has 1 aliphatic heterocycles. The molecule has 4 heteroatoms. The Bertz CT molecular complexity index is 971. The minimum atomic E-state index is 0.0920. The Morgan fingerprint density at radius 3 is 2.17 bits per heavy atom. The van der Waals surface area contributed by atoms with E-state index in [9.17, 15) is 4.79 Å². The summed E-state index contributed by atoms with van der Waals surface area (Å²) in [5.41, 5.74) is 4.31. The maximum atomic E-state index is 12.9. The lowest BCUT2D eigenvalue weighted by Gasteiger charge is -2.32. The number of benzene rings is 2. The first-order chi connectivity index (χ1) is 14.6. The predicted molar refractivity (Wildman–Crippen MR) is 119 cm³/mol. The lowest BCUT2D eigenvalue weighted by Crippen LogP contribution is -2.37. The van der Waals surface area contributed by atoms with Crippen molar-refractivity contribution in [2.75, 3.05) is 13.1 Å². The highest BCUT2D eigenvalue weighted by Gasteiger charge is 2.24. The highest BCUT2D eigenvalue weighted by molar-refractivity contribution is 5.94. The fourth-order valence-electron chi connectivity index (χ4n) is 3.91. The van der Waals surface area contributed by atoms with E-state index in [-0.39, 0.29) is 5.91 Å². The molecule has 4 rings (SSSR count). The lowest BCUT2D eigenvalue weighted by molar-refractivity contribution is 0.0713. The molecule has 3 aromatic rings. The number of pyridine rings is 1. The Labute approximate surface area is 178 Å². The monoisotopic (exact) mass is 400 g/mol. The number of piperidine rings is 1. The second-order valence-corrected chi connectivity index (χ2v) is 7.92. The van der Waals surface area contributed by atoms with Crippen molar-refractivity contribution in [3.63, 3.8) is 0 Å². The van der Waals surface area contributed by atoms with Gasteiger partial charge in [-0.15, -0.1) is 0 Å². The topological polar surface area (TPSA) is 42.4 Å². The quantitative estimate of drug-likeness (QED) is 0.546. The maximum absolute atomic E-state index is 12.9. The molecule has 0 N–H and O–H groups in total. The molecule has 0 spiro atoms. The number of aryl methyl sites for hydroxylation is 2. The minimum Gasteiger partial charge on any atom is -0.457 e. The van der Waals surface area contributed by atoms with Gasteiger partial charge < -0.3 is 9.64 Å². The maximum Gasteiger partial charge on any atom is 0.253 e. The number of hydrogen-bond acceptors (Lipinski definition) is 3. The number of nitrogens with zero attached hydrogens (tertiary/aromatic N) is 2. The number of rotatable bonds is 5. The fraction of sp³-hybridized carbons (Fsp3) is 0.308. The van der Waals surface area contributed by atoms with Gasteiger partial charge in [0.15, 0.2) is 0 Å². The van der Waals surface area contributed by atoms with E-state index in [1.165, 1.54) is 11.1 Å². The molecule has 0 saturated carbocycles. The Morgan fingerprint density at radius 1 is 0.967 bits per heavy atom. The number of amides is 1. The van der Waals surface area contributed by atoms with Crippen molar-refractivity contribution >= 4 is 5.91 Å². The number of carbonyl (C=O) groups is 1. The van der Waals surface area contributed by atoms with Crippen molar-refractivity contribution in [2.45, 2.75) is 39.0 Å². The largest absolute Gasteiger partial charge is 0.457 e. The standard InChI is InChI=1S/C26H28N2O2/c1-3-20-5-10-24(11-6-20)30-25-12-8-22(9-13-25)26(29)28-16-14-21(15-17-28)23-7-4-19(2)27-18-23/h4-13,18,21H,3,14-17H2,1-2H3. The average molecular weight is 401 g/mol. The molecule has 4 nitrogen and oxygen atoms in total. The van der Waals surface area contributed by atoms with Crippen molar-refractivity contribution in [3.05, 3.63) is 89.2 Å². The van der Waals surface area contributed by atoms with Gasteiger partial charge in [-0.25, -0.2) is 0 Å². The number of carbonyl (C=O) groups excluding carboxylic acids is 1. The van der Waals surface area contributed by atoms with Crippen LogP contribution in [0.25, 0.3) is 0 Å². The Kier molecular flexibility index (Phi) is 6.12. The number of ether oxygens (including phenoxy) is 1. The predicted octanol–water partition coefficient (Wildman–Crippen LogP) is 5.76. The van der Waals surface area contributed by atoms with Crippen LogP contribution in [0.5, 0.6) is 11.5 Å². The zero-order valence-electron chi connectivity index (χ0n) is 17.7. The molecule has 0 aliphatic carbocycles. The van der Waals surface area contributed by atoms with E-state index in [4.69, 9.17) is 4.74 Å². The third-order valence-corrected chi connectivity index (χ3v) is 5.86. The van der Waals surface area contributed by atoms with Gasteiger partial charge in [-0.3, -0.25) is 9.78 Å². The average Bonchev–Trinajstić information content (AvgIpc) is 2.80. The summed E-state index contributed by atoms with van der Waals surface area (Å²) >= 11 is 0. The van der Waals surface area contributed by atoms with Crippen LogP contribution in [0.1, 0.15) is 52.9 Å². The molecular formula is C26H28N2O2. The zero-order valence-corrected chi connectivity index (χ0v) is 17.7. The van der Waals surface area contributed by atoms with Crippen LogP contribution in [0.15, 0.2) is 66.9 Å². The summed E-state index contributed by atoms with van der Waals surface area (Å²) in [7, 11) is 0. The summed E-state index contributed by atoms with van der Waals surface area (Å²) in [5, 5.41) is 0. The molecule has 154 valence electrons. The zero-order chi connectivity index (χ0) is 20.9. The highest BCUT2D eigenvalue weighted by Crippen LogP contribution is 2.29. The molecule has 1 aliphatic rings. The van der Waals surface area contributed by atoms with E-state index >= 15 is 0 Å². The van der Waals surface area contributed by atoms with Crippen molar-refractivity contribution in [1.29, 1.82) is 0 Å². The molecule has 0 radical (unpaired) electrons. The summed E-state index contributed by atoms with van der Waals surface area (Å²) < 4.78 is 5.90. The van der Waals surface area contributed by atoms with Crippen molar-refractivity contribution in [2.24, 2.45) is 0 Å². The van der Waals surface area contributed by atoms with E-state index in [1.54, 1.807) is 0 Å². The molecule has 0 atom stereocenters. The molecule has 2 aromatic carbocycles. The van der Waals surface area contributed by atoms with Crippen LogP contribution in [-0.2, 0) is 6.42 Å². The van der Waals surface area contributed by atoms with Crippen LogP contribution in [0.3, 0.4) is 0 Å². The highest BCUT2D eigenvalue weighted by atomic mass is 16.5. The lowest BCUT2D eigenvalue weighted by atomic mass is 9.90. The summed E-state index contributed by atoms with van der Waals surface area (Å²) in [6.45, 7) is 5.69. The molecular weight excluding hydrogens is 372 g/mol. The van der Waals surface area contributed by atoms with Crippen LogP contribution in [0.4, 0.5) is 0 Å². The molecule has 1 saturated heterocycles. The summed E-state index contributed by atoms with van der Waals surface area (Å²) in [6, 6.07) is 19.8. The van der Waals surface area contributed by atoms with Crippen LogP contribution < -0.4 is 4.74 Å². The van der Waals surface area contributed by atoms with Gasteiger partial charge >= 0.3 is 0 Å². The SMILES string of the molecule is CCc1ccc(Oc2ccc(C(=O)N3CCC(c4ccc(C)nc4)CC3)cc2)cc1. The number of likely N-dealkylation sites (tertiary alicyclic amines) is 1. The van der Waals surface area contributed by atoms with Gasteiger partial charge in [0.25, 0.3) is 5.91 Å². The molecule has 1 aromatic heterocycles. The van der Waals surface area contributed by atoms with Gasteiger partial charge in [-0.05, 0) is 85.7 Å². The summed E-state index contributed by atoms with van der Waals surface area (Å²) in [5.74, 6) is 2.12. The molecule has 0 unspecified atom stereocenters. The van der Waals surface area contributed by atoms with Gasteiger partial charge in [0, 0.05) is 30.5 Å². The van der Waals surface area contributed by atoms with Gasteiger partial charge in [-0.2, -0.15) is 0 Å². The van der Waals surface area contributed by atoms with Crippen LogP contribution in [0, 0.1) is 6.92 Å². The summed E-state index contributed by atoms with van der Waals surface area (Å²) in [4.78, 5) is 19.3. The van der Waals surface area contributed by atoms with Crippen molar-refractivity contribution in [3.8, 4) is 11.5 Å². The number of hydrogen-bond donors (Lipinski definition) is 0. The Morgan fingerprint density at radius 2 is 1.60 bits per heavy atom. The number of aromatic nitrogens is 1. The fourth-order valence-corrected chi connectivity index (χ4v) is 3.91. The van der Waals surface area contributed by atoms with E-state index in [1.807, 2.05) is 54.4 Å². The first kappa shape index (κ1) is 20.1. The molecule has 30 heavy (non-hydrogen) atoms. The molecule has 2 heterocycles. The van der Waals surface area contributed by atoms with Gasteiger partial charge in [0.05, 0.1) is 0 Å². The van der Waals surface area contributed by atoms with Crippen LogP contribution in [0.2, 0.25) is 0 Å². The third-order valence-electron chi connectivity index (χ3n) is 5.86. The smallest absolute Gasteiger partial charge is 0.253 e. The van der Waals surface area contributed by atoms with Gasteiger partial charge in [-0.1, -0.05) is 25.1 Å². The van der Waals surface area contributed by atoms with Crippen LogP contribution in [-0.4, -0.2) is 28.9 Å². The van der Waals surface area contributed by atoms with Crippen molar-refractivity contribution in [1.82, 2.24) is 9.88 Å². The van der Waals surface area contributed by atoms with E-state index in [0.29, 0.717) is 11.5 Å². The first-order valence-electron chi connectivity index (χ1n) is 10.7. The Hall–Kier alpha value is -3.14. The van der Waals surface area contributed by atoms with E-state index < -0.39 is 0 Å². The van der Waals surface area contributed by atoms with Gasteiger partial charge in [0.1, 0.15) is 11.5 Å². The second kappa shape index (κ2) is 9.12. The van der Waals surface area contributed by atoms with Gasteiger partial charge in [0.2, 0.25) is 0 Å². The van der Waals surface area contributed by atoms with Crippen LogP contribution >= 0.6 is 0 Å². The minimum absolute atomic E-state index is 0.0920. The first-order valence-corrected chi connectivity index (χ1v) is 10.7. The molecule has 1 fully saturated rings. The van der Waals surface area contributed by atoms with E-state index in [0.717, 1.165) is 49.5 Å². The van der Waals surface area contributed by atoms with E-state index in [2.05, 4.69) is 36.2 Å².